The molecule has 8 aromatic carbocycles. The molecule has 0 unspecified atom stereocenters. The number of hydrogen-bond acceptors (Lipinski definition) is 2. The highest BCUT2D eigenvalue weighted by atomic mass is 15.1. The Kier molecular flexibility index (Phi) is 8.40. The number of anilines is 6. The van der Waals surface area contributed by atoms with Crippen molar-refractivity contribution in [3.05, 3.63) is 218 Å². The van der Waals surface area contributed by atoms with Gasteiger partial charge in [0.15, 0.2) is 0 Å². The van der Waals surface area contributed by atoms with Crippen LogP contribution in [0.1, 0.15) is 24.1 Å². The smallest absolute Gasteiger partial charge is 0.0637 e. The van der Waals surface area contributed by atoms with Gasteiger partial charge < -0.3 is 18.9 Å². The summed E-state index contributed by atoms with van der Waals surface area (Å²) >= 11 is 0. The molecule has 0 atom stereocenters. The summed E-state index contributed by atoms with van der Waals surface area (Å²) in [4.78, 5) is 4.66. The number of nitrogens with zero attached hydrogens (tertiary/aromatic N) is 4. The first-order chi connectivity index (χ1) is 28.8. The zero-order valence-electron chi connectivity index (χ0n) is 32.2. The van der Waals surface area contributed by atoms with E-state index in [0.717, 1.165) is 52.7 Å². The summed E-state index contributed by atoms with van der Waals surface area (Å²) in [6, 6.07) is 74.5. The van der Waals surface area contributed by atoms with E-state index in [9.17, 15) is 0 Å². The van der Waals surface area contributed by atoms with E-state index >= 15 is 0 Å². The maximum Gasteiger partial charge on any atom is 0.0637 e. The lowest BCUT2D eigenvalue weighted by atomic mass is 9.94. The summed E-state index contributed by atoms with van der Waals surface area (Å²) in [5, 5.41) is 3.95. The van der Waals surface area contributed by atoms with Crippen LogP contribution in [-0.4, -0.2) is 9.13 Å². The fraction of sp³-hybridized carbons (Fsp3) is 0.0741. The van der Waals surface area contributed by atoms with Crippen LogP contribution in [0.3, 0.4) is 0 Å². The molecular formula is C54H42N4. The van der Waals surface area contributed by atoms with Crippen LogP contribution in [0.15, 0.2) is 206 Å². The zero-order valence-corrected chi connectivity index (χ0v) is 32.2. The Hall–Kier alpha value is -7.30. The topological polar surface area (TPSA) is 16.3 Å². The van der Waals surface area contributed by atoms with Gasteiger partial charge in [0.25, 0.3) is 0 Å². The van der Waals surface area contributed by atoms with Gasteiger partial charge in [0.2, 0.25) is 0 Å². The lowest BCUT2D eigenvalue weighted by Crippen LogP contribution is -2.10. The minimum atomic E-state index is 1.07. The van der Waals surface area contributed by atoms with Gasteiger partial charge in [0.05, 0.1) is 16.6 Å². The Balaban J connectivity index is 1.08. The highest BCUT2D eigenvalue weighted by Crippen LogP contribution is 2.44. The number of fused-ring (bicyclic) bond motifs is 7. The quantitative estimate of drug-likeness (QED) is 0.154. The van der Waals surface area contributed by atoms with E-state index in [2.05, 4.69) is 225 Å². The van der Waals surface area contributed by atoms with Crippen LogP contribution in [0.4, 0.5) is 34.1 Å². The normalized spacial score (nSPS) is 12.6. The molecule has 0 N–H and O–H groups in total. The molecule has 10 aromatic rings. The van der Waals surface area contributed by atoms with Crippen molar-refractivity contribution in [3.8, 4) is 11.4 Å². The van der Waals surface area contributed by atoms with Crippen LogP contribution in [0.2, 0.25) is 0 Å². The second kappa shape index (κ2) is 14.3. The molecule has 2 aromatic heterocycles. The van der Waals surface area contributed by atoms with E-state index in [1.54, 1.807) is 0 Å². The van der Waals surface area contributed by atoms with Crippen LogP contribution in [0, 0.1) is 0 Å². The monoisotopic (exact) mass is 746 g/mol. The predicted octanol–water partition coefficient (Wildman–Crippen LogP) is 14.5. The highest BCUT2D eigenvalue weighted by molar-refractivity contribution is 6.19. The zero-order chi connectivity index (χ0) is 38.4. The molecule has 0 fully saturated rings. The molecule has 1 aliphatic rings. The maximum atomic E-state index is 2.56. The van der Waals surface area contributed by atoms with Crippen LogP contribution in [-0.2, 0) is 12.8 Å². The van der Waals surface area contributed by atoms with Gasteiger partial charge in [-0.05, 0) is 140 Å². The molecule has 0 saturated carbocycles. The Labute approximate surface area is 339 Å². The van der Waals surface area contributed by atoms with Gasteiger partial charge in [0, 0.05) is 67.4 Å². The molecule has 0 bridgehead atoms. The van der Waals surface area contributed by atoms with E-state index in [1.165, 1.54) is 62.5 Å². The molecule has 0 amide bonds. The van der Waals surface area contributed by atoms with E-state index in [4.69, 9.17) is 0 Å². The Morgan fingerprint density at radius 2 is 0.759 bits per heavy atom. The third kappa shape index (κ3) is 5.68. The molecule has 58 heavy (non-hydrogen) atoms. The van der Waals surface area contributed by atoms with Crippen LogP contribution >= 0.6 is 0 Å². The van der Waals surface area contributed by atoms with Crippen LogP contribution in [0.25, 0.3) is 44.1 Å². The van der Waals surface area contributed by atoms with Crippen molar-refractivity contribution >= 4 is 66.8 Å². The molecule has 4 heteroatoms. The second-order valence-corrected chi connectivity index (χ2v) is 15.2. The Morgan fingerprint density at radius 1 is 0.328 bits per heavy atom. The number of aryl methyl sites for hydroxylation is 1. The van der Waals surface area contributed by atoms with Gasteiger partial charge in [0.1, 0.15) is 0 Å². The van der Waals surface area contributed by atoms with Crippen molar-refractivity contribution in [2.24, 2.45) is 0 Å². The van der Waals surface area contributed by atoms with Gasteiger partial charge in [-0.25, -0.2) is 0 Å². The van der Waals surface area contributed by atoms with E-state index in [0.29, 0.717) is 0 Å². The molecule has 0 saturated heterocycles. The van der Waals surface area contributed by atoms with Crippen LogP contribution < -0.4 is 9.80 Å². The lowest BCUT2D eigenvalue weighted by molar-refractivity contribution is 0.667. The molecule has 0 radical (unpaired) electrons. The largest absolute Gasteiger partial charge is 0.313 e. The van der Waals surface area contributed by atoms with Crippen molar-refractivity contribution in [1.82, 2.24) is 9.13 Å². The fourth-order valence-corrected chi connectivity index (χ4v) is 9.35. The molecule has 0 spiro atoms. The molecule has 278 valence electrons. The van der Waals surface area contributed by atoms with Crippen LogP contribution in [0.5, 0.6) is 0 Å². The van der Waals surface area contributed by atoms with Gasteiger partial charge >= 0.3 is 0 Å². The summed E-state index contributed by atoms with van der Waals surface area (Å²) in [6.45, 7) is 0. The number of para-hydroxylation sites is 5. The summed E-state index contributed by atoms with van der Waals surface area (Å²) in [7, 11) is 0. The van der Waals surface area contributed by atoms with Gasteiger partial charge in [-0.1, -0.05) is 97.1 Å². The number of benzene rings is 8. The third-order valence-corrected chi connectivity index (χ3v) is 11.9. The molecular weight excluding hydrogens is 705 g/mol. The summed E-state index contributed by atoms with van der Waals surface area (Å²) < 4.78 is 5.08. The minimum absolute atomic E-state index is 1.07. The van der Waals surface area contributed by atoms with Crippen molar-refractivity contribution in [3.63, 3.8) is 0 Å². The van der Waals surface area contributed by atoms with Gasteiger partial charge in [-0.15, -0.1) is 0 Å². The first kappa shape index (κ1) is 34.0. The minimum Gasteiger partial charge on any atom is -0.313 e. The first-order valence-electron chi connectivity index (χ1n) is 20.4. The standard InChI is InChI=1S/C54H42N4/c1-5-17-39(18-6-1)55(40-19-7-2-8-20-40)43-29-33-45(34-30-43)57-51-28-16-14-26-49(51)53-52(57)38-37-48-47-25-13-15-27-50(47)58(54(48)53)46-35-31-44(32-36-46)56(41-21-9-3-10-22-41)42-23-11-4-12-24-42/h1-13,15,17-25,27,29-38H,14,16,26,28H2. The number of hydrogen-bond donors (Lipinski definition) is 0. The second-order valence-electron chi connectivity index (χ2n) is 15.2. The number of rotatable bonds is 8. The van der Waals surface area contributed by atoms with Crippen molar-refractivity contribution < 1.29 is 0 Å². The molecule has 2 heterocycles. The lowest BCUT2D eigenvalue weighted by Gasteiger charge is -2.25. The first-order valence-corrected chi connectivity index (χ1v) is 20.4. The summed E-state index contributed by atoms with van der Waals surface area (Å²) in [6.07, 6.45) is 4.55. The maximum absolute atomic E-state index is 2.56. The van der Waals surface area contributed by atoms with Crippen molar-refractivity contribution in [2.45, 2.75) is 25.7 Å². The van der Waals surface area contributed by atoms with Crippen molar-refractivity contribution in [1.29, 1.82) is 0 Å². The van der Waals surface area contributed by atoms with E-state index < -0.39 is 0 Å². The molecule has 0 aliphatic heterocycles. The SMILES string of the molecule is c1ccc(N(c2ccccc2)c2ccc(-n3c4c(c5c3ccc3c6ccccc6n(-c6ccc(N(c7ccccc7)c7ccccc7)cc6)c35)CCCC4)cc2)cc1. The summed E-state index contributed by atoms with van der Waals surface area (Å²) in [5.41, 5.74) is 15.9. The average molecular weight is 747 g/mol. The molecule has 4 nitrogen and oxygen atoms in total. The van der Waals surface area contributed by atoms with Gasteiger partial charge in [-0.3, -0.25) is 0 Å². The Bertz CT molecular complexity index is 2940. The molecule has 11 rings (SSSR count). The highest BCUT2D eigenvalue weighted by Gasteiger charge is 2.26. The number of aromatic nitrogens is 2. The van der Waals surface area contributed by atoms with Crippen molar-refractivity contribution in [2.75, 3.05) is 9.80 Å². The third-order valence-electron chi connectivity index (χ3n) is 11.9. The van der Waals surface area contributed by atoms with E-state index in [1.807, 2.05) is 0 Å². The summed E-state index contributed by atoms with van der Waals surface area (Å²) in [5.74, 6) is 0. The molecule has 1 aliphatic carbocycles. The average Bonchev–Trinajstić information content (AvgIpc) is 3.82. The predicted molar refractivity (Wildman–Crippen MR) is 244 cm³/mol. The Morgan fingerprint density at radius 3 is 1.28 bits per heavy atom. The van der Waals surface area contributed by atoms with E-state index in [-0.39, 0.29) is 0 Å². The fourth-order valence-electron chi connectivity index (χ4n) is 9.35. The van der Waals surface area contributed by atoms with Gasteiger partial charge in [-0.2, -0.15) is 0 Å².